The molecule has 0 bridgehead atoms. The van der Waals surface area contributed by atoms with Crippen molar-refractivity contribution in [1.29, 1.82) is 0 Å². The standard InChI is InChI=1S/C10H20O/c1-8(2)6-5-7-10(11)9(3)4/h5,7-11H,6H2,1-4H3/b7-5-. The highest BCUT2D eigenvalue weighted by molar-refractivity contribution is 4.90. The maximum atomic E-state index is 9.35. The Hall–Kier alpha value is -0.300. The minimum Gasteiger partial charge on any atom is -0.389 e. The second-order valence-electron chi connectivity index (χ2n) is 3.79. The summed E-state index contributed by atoms with van der Waals surface area (Å²) in [6.07, 6.45) is 4.75. The zero-order valence-corrected chi connectivity index (χ0v) is 8.04. The lowest BCUT2D eigenvalue weighted by atomic mass is 10.1. The van der Waals surface area contributed by atoms with Gasteiger partial charge in [-0.05, 0) is 18.3 Å². The molecule has 0 aliphatic heterocycles. The Labute approximate surface area is 70.1 Å². The lowest BCUT2D eigenvalue weighted by Crippen LogP contribution is -2.10. The quantitative estimate of drug-likeness (QED) is 0.620. The van der Waals surface area contributed by atoms with Crippen molar-refractivity contribution in [2.24, 2.45) is 11.8 Å². The van der Waals surface area contributed by atoms with Crippen molar-refractivity contribution in [3.8, 4) is 0 Å². The average molecular weight is 156 g/mol. The van der Waals surface area contributed by atoms with Crippen LogP contribution in [0.5, 0.6) is 0 Å². The van der Waals surface area contributed by atoms with E-state index >= 15 is 0 Å². The molecule has 1 atom stereocenters. The molecule has 0 spiro atoms. The predicted molar refractivity (Wildman–Crippen MR) is 49.4 cm³/mol. The van der Waals surface area contributed by atoms with Crippen LogP contribution in [0.2, 0.25) is 0 Å². The van der Waals surface area contributed by atoms with E-state index < -0.39 is 0 Å². The first-order valence-electron chi connectivity index (χ1n) is 4.38. The summed E-state index contributed by atoms with van der Waals surface area (Å²) in [7, 11) is 0. The van der Waals surface area contributed by atoms with Crippen molar-refractivity contribution >= 4 is 0 Å². The van der Waals surface area contributed by atoms with Crippen molar-refractivity contribution in [1.82, 2.24) is 0 Å². The number of aliphatic hydroxyl groups is 1. The van der Waals surface area contributed by atoms with E-state index in [1.54, 1.807) is 0 Å². The molecule has 1 nitrogen and oxygen atoms in total. The zero-order valence-electron chi connectivity index (χ0n) is 8.04. The molecule has 11 heavy (non-hydrogen) atoms. The summed E-state index contributed by atoms with van der Waals surface area (Å²) in [5.74, 6) is 1.02. The third kappa shape index (κ3) is 6.11. The second-order valence-corrected chi connectivity index (χ2v) is 3.79. The Kier molecular flexibility index (Phi) is 5.22. The summed E-state index contributed by atoms with van der Waals surface area (Å²) in [4.78, 5) is 0. The minimum atomic E-state index is -0.270. The first-order chi connectivity index (χ1) is 5.04. The van der Waals surface area contributed by atoms with E-state index in [0.717, 1.165) is 6.42 Å². The molecule has 1 heteroatoms. The molecule has 0 aromatic heterocycles. The van der Waals surface area contributed by atoms with Gasteiger partial charge in [0.1, 0.15) is 0 Å². The molecule has 0 saturated carbocycles. The lowest BCUT2D eigenvalue weighted by molar-refractivity contribution is 0.172. The van der Waals surface area contributed by atoms with Crippen LogP contribution in [0.1, 0.15) is 34.1 Å². The fourth-order valence-electron chi connectivity index (χ4n) is 0.712. The van der Waals surface area contributed by atoms with Gasteiger partial charge in [0, 0.05) is 0 Å². The van der Waals surface area contributed by atoms with E-state index in [1.165, 1.54) is 0 Å². The Morgan fingerprint density at radius 3 is 2.09 bits per heavy atom. The summed E-state index contributed by atoms with van der Waals surface area (Å²) < 4.78 is 0. The third-order valence-corrected chi connectivity index (χ3v) is 1.62. The van der Waals surface area contributed by atoms with E-state index in [4.69, 9.17) is 0 Å². The first-order valence-corrected chi connectivity index (χ1v) is 4.38. The summed E-state index contributed by atoms with van der Waals surface area (Å²) in [5.41, 5.74) is 0. The number of rotatable bonds is 4. The highest BCUT2D eigenvalue weighted by atomic mass is 16.3. The van der Waals surface area contributed by atoms with Crippen molar-refractivity contribution in [3.63, 3.8) is 0 Å². The van der Waals surface area contributed by atoms with Gasteiger partial charge in [-0.3, -0.25) is 0 Å². The Bertz CT molecular complexity index is 114. The van der Waals surface area contributed by atoms with Crippen LogP contribution in [0.3, 0.4) is 0 Å². The van der Waals surface area contributed by atoms with Gasteiger partial charge >= 0.3 is 0 Å². The summed E-state index contributed by atoms with van der Waals surface area (Å²) >= 11 is 0. The predicted octanol–water partition coefficient (Wildman–Crippen LogP) is 2.61. The highest BCUT2D eigenvalue weighted by Crippen LogP contribution is 2.05. The first kappa shape index (κ1) is 10.7. The molecule has 0 aromatic rings. The van der Waals surface area contributed by atoms with E-state index in [0.29, 0.717) is 11.8 Å². The minimum absolute atomic E-state index is 0.270. The van der Waals surface area contributed by atoms with Crippen LogP contribution >= 0.6 is 0 Å². The van der Waals surface area contributed by atoms with E-state index in [1.807, 2.05) is 19.9 Å². The van der Waals surface area contributed by atoms with E-state index in [2.05, 4.69) is 19.9 Å². The number of hydrogen-bond acceptors (Lipinski definition) is 1. The Morgan fingerprint density at radius 1 is 1.18 bits per heavy atom. The van der Waals surface area contributed by atoms with Gasteiger partial charge in [0.15, 0.2) is 0 Å². The fourth-order valence-corrected chi connectivity index (χ4v) is 0.712. The summed E-state index contributed by atoms with van der Waals surface area (Å²) in [6.45, 7) is 8.38. The zero-order chi connectivity index (χ0) is 8.85. The van der Waals surface area contributed by atoms with Crippen LogP contribution < -0.4 is 0 Å². The second kappa shape index (κ2) is 5.36. The molecule has 0 heterocycles. The van der Waals surface area contributed by atoms with Gasteiger partial charge in [-0.25, -0.2) is 0 Å². The molecule has 0 aliphatic rings. The summed E-state index contributed by atoms with van der Waals surface area (Å²) in [5, 5.41) is 9.35. The van der Waals surface area contributed by atoms with Gasteiger partial charge in [0.25, 0.3) is 0 Å². The van der Waals surface area contributed by atoms with Crippen LogP contribution in [0.4, 0.5) is 0 Å². The van der Waals surface area contributed by atoms with E-state index in [9.17, 15) is 5.11 Å². The molecule has 0 amide bonds. The highest BCUT2D eigenvalue weighted by Gasteiger charge is 2.02. The molecule has 0 rings (SSSR count). The van der Waals surface area contributed by atoms with Gasteiger partial charge in [-0.15, -0.1) is 0 Å². The Balaban J connectivity index is 3.56. The van der Waals surface area contributed by atoms with Crippen LogP contribution in [0.15, 0.2) is 12.2 Å². The SMILES string of the molecule is CC(C)C/C=C\C(O)C(C)C. The van der Waals surface area contributed by atoms with E-state index in [-0.39, 0.29) is 6.10 Å². The maximum absolute atomic E-state index is 9.35. The largest absolute Gasteiger partial charge is 0.389 e. The molecular weight excluding hydrogens is 136 g/mol. The Morgan fingerprint density at radius 2 is 1.73 bits per heavy atom. The molecule has 0 aliphatic carbocycles. The molecule has 0 saturated heterocycles. The number of hydrogen-bond donors (Lipinski definition) is 1. The van der Waals surface area contributed by atoms with Gasteiger partial charge in [-0.1, -0.05) is 39.8 Å². The maximum Gasteiger partial charge on any atom is 0.0743 e. The van der Waals surface area contributed by atoms with Crippen LogP contribution in [-0.2, 0) is 0 Å². The molecule has 0 fully saturated rings. The number of aliphatic hydroxyl groups excluding tert-OH is 1. The fraction of sp³-hybridized carbons (Fsp3) is 0.800. The molecule has 0 aromatic carbocycles. The van der Waals surface area contributed by atoms with Crippen molar-refractivity contribution < 1.29 is 5.11 Å². The van der Waals surface area contributed by atoms with Gasteiger partial charge in [-0.2, -0.15) is 0 Å². The average Bonchev–Trinajstić information content (AvgIpc) is 1.86. The molecule has 66 valence electrons. The summed E-state index contributed by atoms with van der Waals surface area (Å²) in [6, 6.07) is 0. The van der Waals surface area contributed by atoms with Gasteiger partial charge in [0.2, 0.25) is 0 Å². The van der Waals surface area contributed by atoms with Crippen LogP contribution in [-0.4, -0.2) is 11.2 Å². The smallest absolute Gasteiger partial charge is 0.0743 e. The molecule has 1 N–H and O–H groups in total. The normalized spacial score (nSPS) is 15.2. The monoisotopic (exact) mass is 156 g/mol. The van der Waals surface area contributed by atoms with Gasteiger partial charge in [0.05, 0.1) is 6.10 Å². The topological polar surface area (TPSA) is 20.2 Å². The van der Waals surface area contributed by atoms with Crippen molar-refractivity contribution in [2.75, 3.05) is 0 Å². The molecular formula is C10H20O. The lowest BCUT2D eigenvalue weighted by Gasteiger charge is -2.08. The van der Waals surface area contributed by atoms with Crippen LogP contribution in [0, 0.1) is 11.8 Å². The van der Waals surface area contributed by atoms with Gasteiger partial charge < -0.3 is 5.11 Å². The molecule has 1 unspecified atom stereocenters. The van der Waals surface area contributed by atoms with Crippen molar-refractivity contribution in [3.05, 3.63) is 12.2 Å². The molecule has 0 radical (unpaired) electrons. The van der Waals surface area contributed by atoms with Crippen molar-refractivity contribution in [2.45, 2.75) is 40.2 Å². The third-order valence-electron chi connectivity index (χ3n) is 1.62. The van der Waals surface area contributed by atoms with Crippen LogP contribution in [0.25, 0.3) is 0 Å². The number of allylic oxidation sites excluding steroid dienone is 1.